The van der Waals surface area contributed by atoms with Gasteiger partial charge in [0.25, 0.3) is 0 Å². The lowest BCUT2D eigenvalue weighted by Gasteiger charge is -2.08. The first-order valence-corrected chi connectivity index (χ1v) is 14.5. The Morgan fingerprint density at radius 1 is 0.816 bits per heavy atom. The van der Waals surface area contributed by atoms with E-state index in [0.29, 0.717) is 13.2 Å². The van der Waals surface area contributed by atoms with Gasteiger partial charge in [-0.15, -0.1) is 43.1 Å². The van der Waals surface area contributed by atoms with E-state index in [1.807, 2.05) is 37.6 Å². The van der Waals surface area contributed by atoms with E-state index in [9.17, 15) is 0 Å². The molecule has 0 saturated carbocycles. The number of rotatable bonds is 2. The van der Waals surface area contributed by atoms with E-state index in [1.54, 1.807) is 22.7 Å². The standard InChI is InChI=1S/C17H17N3OS.C10H10ClN3OS/c1-11-16-19-18-12(2)20(16)17-15(9-21-11)14(10-22-17)8-13-6-4-3-5-7-13;1-5-9-13-12-6(2)14(9)10-7(3-15-5)8(11)4-16-10/h3-7,10-11H,8-9H2,1-2H3;4-5H,3H2,1-2H3/t11-;5-/m00/s1. The maximum absolute atomic E-state index is 6.14. The molecule has 7 rings (SSSR count). The minimum absolute atomic E-state index is 0.0367. The molecular weight excluding hydrogens is 540 g/mol. The van der Waals surface area contributed by atoms with Gasteiger partial charge in [0.05, 0.1) is 18.2 Å². The summed E-state index contributed by atoms with van der Waals surface area (Å²) in [6, 6.07) is 10.6. The number of nitrogens with zero attached hydrogens (tertiary/aromatic N) is 6. The van der Waals surface area contributed by atoms with Crippen LogP contribution in [-0.4, -0.2) is 29.5 Å². The van der Waals surface area contributed by atoms with Crippen LogP contribution in [0.4, 0.5) is 0 Å². The van der Waals surface area contributed by atoms with Gasteiger partial charge in [-0.25, -0.2) is 0 Å². The Kier molecular flexibility index (Phi) is 6.92. The third-order valence-corrected chi connectivity index (χ3v) is 9.33. The SMILES string of the molecule is Cc1nnc2n1-c1scc(Cc3ccccc3)c1CO[C@H]2C.Cc1nnc2n1-c1scc(Cl)c1CO[C@H]2C. The zero-order valence-electron chi connectivity index (χ0n) is 21.5. The van der Waals surface area contributed by atoms with Crippen LogP contribution in [-0.2, 0) is 29.1 Å². The Morgan fingerprint density at radius 2 is 1.37 bits per heavy atom. The molecule has 0 spiro atoms. The molecule has 2 aliphatic rings. The molecule has 0 amide bonds. The number of benzene rings is 1. The molecule has 0 unspecified atom stereocenters. The van der Waals surface area contributed by atoms with Gasteiger partial charge >= 0.3 is 0 Å². The molecule has 11 heteroatoms. The van der Waals surface area contributed by atoms with E-state index >= 15 is 0 Å². The number of aromatic nitrogens is 6. The summed E-state index contributed by atoms with van der Waals surface area (Å²) in [4.78, 5) is 0. The molecule has 2 atom stereocenters. The van der Waals surface area contributed by atoms with Crippen molar-refractivity contribution in [3.05, 3.63) is 91.7 Å². The van der Waals surface area contributed by atoms with Gasteiger partial charge in [-0.3, -0.25) is 9.13 Å². The fraction of sp³-hybridized carbons (Fsp3) is 0.333. The lowest BCUT2D eigenvalue weighted by Crippen LogP contribution is -2.04. The predicted octanol–water partition coefficient (Wildman–Crippen LogP) is 6.70. The molecule has 0 bridgehead atoms. The third kappa shape index (κ3) is 4.50. The number of halogens is 1. The van der Waals surface area contributed by atoms with Gasteiger partial charge in [0.2, 0.25) is 0 Å². The summed E-state index contributed by atoms with van der Waals surface area (Å²) < 4.78 is 15.9. The van der Waals surface area contributed by atoms with Crippen LogP contribution in [0.3, 0.4) is 0 Å². The summed E-state index contributed by atoms with van der Waals surface area (Å²) in [5.74, 6) is 3.52. The van der Waals surface area contributed by atoms with Gasteiger partial charge in [0, 0.05) is 16.5 Å². The molecule has 0 N–H and O–H groups in total. The number of fused-ring (bicyclic) bond motifs is 6. The van der Waals surface area contributed by atoms with Crippen LogP contribution in [0.2, 0.25) is 5.02 Å². The van der Waals surface area contributed by atoms with Crippen molar-refractivity contribution in [2.45, 2.75) is 59.5 Å². The van der Waals surface area contributed by atoms with Crippen molar-refractivity contribution in [2.75, 3.05) is 0 Å². The van der Waals surface area contributed by atoms with E-state index in [1.165, 1.54) is 21.7 Å². The average molecular weight is 567 g/mol. The summed E-state index contributed by atoms with van der Waals surface area (Å²) in [6.45, 7) is 9.10. The number of hydrogen-bond acceptors (Lipinski definition) is 8. The van der Waals surface area contributed by atoms with Gasteiger partial charge in [-0.2, -0.15) is 0 Å². The van der Waals surface area contributed by atoms with Gasteiger partial charge in [0.15, 0.2) is 11.6 Å². The number of thiophene rings is 2. The van der Waals surface area contributed by atoms with Crippen molar-refractivity contribution in [2.24, 2.45) is 0 Å². The van der Waals surface area contributed by atoms with Crippen LogP contribution in [0.5, 0.6) is 0 Å². The molecule has 196 valence electrons. The quantitative estimate of drug-likeness (QED) is 0.236. The Morgan fingerprint density at radius 3 is 2.00 bits per heavy atom. The normalized spacial score (nSPS) is 17.8. The van der Waals surface area contributed by atoms with Crippen LogP contribution in [0, 0.1) is 13.8 Å². The molecule has 0 radical (unpaired) electrons. The zero-order chi connectivity index (χ0) is 26.4. The van der Waals surface area contributed by atoms with Crippen molar-refractivity contribution >= 4 is 34.3 Å². The molecule has 1 aromatic carbocycles. The molecule has 0 saturated heterocycles. The minimum Gasteiger partial charge on any atom is -0.366 e. The fourth-order valence-electron chi connectivity index (χ4n) is 4.73. The smallest absolute Gasteiger partial charge is 0.167 e. The molecule has 0 fully saturated rings. The molecule has 5 aromatic rings. The van der Waals surface area contributed by atoms with Crippen LogP contribution in [0.15, 0.2) is 41.1 Å². The minimum atomic E-state index is -0.0585. The third-order valence-electron chi connectivity index (χ3n) is 6.80. The van der Waals surface area contributed by atoms with Crippen molar-refractivity contribution in [1.29, 1.82) is 0 Å². The Bertz CT molecular complexity index is 1590. The lowest BCUT2D eigenvalue weighted by atomic mass is 10.0. The zero-order valence-corrected chi connectivity index (χ0v) is 23.9. The van der Waals surface area contributed by atoms with E-state index in [2.05, 4.69) is 60.7 Å². The summed E-state index contributed by atoms with van der Waals surface area (Å²) in [7, 11) is 0. The molecule has 2 aliphatic heterocycles. The summed E-state index contributed by atoms with van der Waals surface area (Å²) >= 11 is 9.49. The average Bonchev–Trinajstić information content (AvgIpc) is 3.64. The van der Waals surface area contributed by atoms with Crippen molar-refractivity contribution in [3.8, 4) is 10.0 Å². The highest BCUT2D eigenvalue weighted by atomic mass is 35.5. The highest BCUT2D eigenvalue weighted by molar-refractivity contribution is 7.13. The van der Waals surface area contributed by atoms with Gasteiger partial charge in [0.1, 0.15) is 33.9 Å². The predicted molar refractivity (Wildman–Crippen MR) is 149 cm³/mol. The van der Waals surface area contributed by atoms with Gasteiger partial charge < -0.3 is 9.47 Å². The molecular formula is C27H27ClN6O2S2. The Hall–Kier alpha value is -2.89. The van der Waals surface area contributed by atoms with E-state index in [-0.39, 0.29) is 12.2 Å². The van der Waals surface area contributed by atoms with Crippen LogP contribution in [0.1, 0.15) is 71.6 Å². The van der Waals surface area contributed by atoms with Crippen molar-refractivity contribution in [3.63, 3.8) is 0 Å². The second-order valence-corrected chi connectivity index (χ2v) is 11.5. The first kappa shape index (κ1) is 25.4. The first-order chi connectivity index (χ1) is 18.4. The first-order valence-electron chi connectivity index (χ1n) is 12.4. The van der Waals surface area contributed by atoms with E-state index < -0.39 is 0 Å². The summed E-state index contributed by atoms with van der Waals surface area (Å²) in [6.07, 6.45) is 0.836. The molecule has 8 nitrogen and oxygen atoms in total. The number of hydrogen-bond donors (Lipinski definition) is 0. The maximum atomic E-state index is 6.14. The lowest BCUT2D eigenvalue weighted by molar-refractivity contribution is 0.0493. The summed E-state index contributed by atoms with van der Waals surface area (Å²) in [5, 5.41) is 24.0. The largest absolute Gasteiger partial charge is 0.366 e. The van der Waals surface area contributed by atoms with Gasteiger partial charge in [-0.1, -0.05) is 41.9 Å². The Balaban J connectivity index is 0.000000146. The van der Waals surface area contributed by atoms with Crippen molar-refractivity contribution in [1.82, 2.24) is 29.5 Å². The van der Waals surface area contributed by atoms with Crippen LogP contribution < -0.4 is 0 Å². The fourth-order valence-corrected chi connectivity index (χ4v) is 7.21. The highest BCUT2D eigenvalue weighted by Gasteiger charge is 2.27. The topological polar surface area (TPSA) is 79.9 Å². The highest BCUT2D eigenvalue weighted by Crippen LogP contribution is 2.38. The maximum Gasteiger partial charge on any atom is 0.167 e. The monoisotopic (exact) mass is 566 g/mol. The van der Waals surface area contributed by atoms with Gasteiger partial charge in [-0.05, 0) is 50.6 Å². The number of aryl methyl sites for hydroxylation is 2. The van der Waals surface area contributed by atoms with E-state index in [0.717, 1.165) is 45.3 Å². The summed E-state index contributed by atoms with van der Waals surface area (Å²) in [5.41, 5.74) is 4.95. The van der Waals surface area contributed by atoms with Crippen LogP contribution >= 0.6 is 34.3 Å². The van der Waals surface area contributed by atoms with Crippen molar-refractivity contribution < 1.29 is 9.47 Å². The Labute approximate surface area is 233 Å². The van der Waals surface area contributed by atoms with Crippen LogP contribution in [0.25, 0.3) is 10.0 Å². The number of ether oxygens (including phenoxy) is 2. The molecule has 4 aromatic heterocycles. The second kappa shape index (κ2) is 10.3. The molecule has 0 aliphatic carbocycles. The second-order valence-electron chi connectivity index (χ2n) is 9.36. The van der Waals surface area contributed by atoms with E-state index in [4.69, 9.17) is 21.1 Å². The molecule has 6 heterocycles. The molecule has 38 heavy (non-hydrogen) atoms.